The lowest BCUT2D eigenvalue weighted by molar-refractivity contribution is -0.127. The average Bonchev–Trinajstić information content (AvgIpc) is 1.81. The molecule has 0 saturated carbocycles. The summed E-state index contributed by atoms with van der Waals surface area (Å²) in [5, 5.41) is 9.02. The van der Waals surface area contributed by atoms with Gasteiger partial charge in [0.1, 0.15) is 6.10 Å². The van der Waals surface area contributed by atoms with E-state index in [1.807, 2.05) is 0 Å². The first kappa shape index (κ1) is 12.6. The molecule has 0 aliphatic carbocycles. The molecule has 1 N–H and O–H groups in total. The number of Topliss-reactive ketones (excluding diaryl/α,β-unsaturated/α-hetero) is 1. The topological polar surface area (TPSA) is 37.3 Å². The van der Waals surface area contributed by atoms with E-state index in [1.54, 1.807) is 0 Å². The second-order valence-electron chi connectivity index (χ2n) is 5.22. The van der Waals surface area contributed by atoms with Crippen LogP contribution < -0.4 is 0 Å². The minimum atomic E-state index is -0.803. The first-order valence-electron chi connectivity index (χ1n) is 4.93. The van der Waals surface area contributed by atoms with Crippen LogP contribution in [0.5, 0.6) is 0 Å². The molecule has 0 heterocycles. The van der Waals surface area contributed by atoms with Gasteiger partial charge in [-0.05, 0) is 24.7 Å². The molecule has 0 rings (SSSR count). The van der Waals surface area contributed by atoms with E-state index < -0.39 is 6.10 Å². The standard InChI is InChI=1S/C11H22O2/c1-8(7-11(3,4)5)6-10(13)9(2)12/h8-9,12H,6-7H2,1-5H3. The summed E-state index contributed by atoms with van der Waals surface area (Å²) in [6, 6.07) is 0. The number of rotatable bonds is 4. The molecular weight excluding hydrogens is 164 g/mol. The summed E-state index contributed by atoms with van der Waals surface area (Å²) in [6.07, 6.45) is 0.711. The van der Waals surface area contributed by atoms with Crippen LogP contribution in [-0.2, 0) is 4.79 Å². The van der Waals surface area contributed by atoms with Gasteiger partial charge in [-0.3, -0.25) is 4.79 Å². The summed E-state index contributed by atoms with van der Waals surface area (Å²) in [7, 11) is 0. The Bertz CT molecular complexity index is 165. The highest BCUT2D eigenvalue weighted by atomic mass is 16.3. The Kier molecular flexibility index (Phi) is 4.62. The van der Waals surface area contributed by atoms with Crippen LogP contribution in [0.3, 0.4) is 0 Å². The van der Waals surface area contributed by atoms with Crippen LogP contribution in [0.2, 0.25) is 0 Å². The molecule has 13 heavy (non-hydrogen) atoms. The number of aliphatic hydroxyl groups excluding tert-OH is 1. The predicted octanol–water partition coefficient (Wildman–Crippen LogP) is 2.40. The number of hydrogen-bond donors (Lipinski definition) is 1. The largest absolute Gasteiger partial charge is 0.386 e. The van der Waals surface area contributed by atoms with Crippen LogP contribution in [-0.4, -0.2) is 17.0 Å². The quantitative estimate of drug-likeness (QED) is 0.732. The molecule has 0 spiro atoms. The number of carbonyl (C=O) groups excluding carboxylic acids is 1. The van der Waals surface area contributed by atoms with Crippen molar-refractivity contribution in [3.8, 4) is 0 Å². The third-order valence-electron chi connectivity index (χ3n) is 1.98. The first-order chi connectivity index (χ1) is 5.72. The Morgan fingerprint density at radius 1 is 1.31 bits per heavy atom. The van der Waals surface area contributed by atoms with Crippen molar-refractivity contribution in [3.05, 3.63) is 0 Å². The van der Waals surface area contributed by atoms with Crippen molar-refractivity contribution in [1.29, 1.82) is 0 Å². The molecule has 0 radical (unpaired) electrons. The van der Waals surface area contributed by atoms with E-state index >= 15 is 0 Å². The van der Waals surface area contributed by atoms with E-state index in [1.165, 1.54) is 6.92 Å². The van der Waals surface area contributed by atoms with Crippen molar-refractivity contribution in [3.63, 3.8) is 0 Å². The lowest BCUT2D eigenvalue weighted by atomic mass is 9.83. The lowest BCUT2D eigenvalue weighted by Gasteiger charge is -2.23. The highest BCUT2D eigenvalue weighted by molar-refractivity contribution is 5.82. The third-order valence-corrected chi connectivity index (χ3v) is 1.98. The second-order valence-corrected chi connectivity index (χ2v) is 5.22. The van der Waals surface area contributed by atoms with Gasteiger partial charge in [-0.25, -0.2) is 0 Å². The lowest BCUT2D eigenvalue weighted by Crippen LogP contribution is -2.21. The Labute approximate surface area is 81.3 Å². The van der Waals surface area contributed by atoms with Gasteiger partial charge in [-0.1, -0.05) is 27.7 Å². The Morgan fingerprint density at radius 2 is 1.77 bits per heavy atom. The van der Waals surface area contributed by atoms with Crippen molar-refractivity contribution < 1.29 is 9.90 Å². The minimum Gasteiger partial charge on any atom is -0.386 e. The van der Waals surface area contributed by atoms with Crippen LogP contribution >= 0.6 is 0 Å². The third kappa shape index (κ3) is 6.76. The molecule has 0 saturated heterocycles. The van der Waals surface area contributed by atoms with E-state index in [4.69, 9.17) is 5.11 Å². The Morgan fingerprint density at radius 3 is 2.08 bits per heavy atom. The molecule has 2 atom stereocenters. The molecule has 78 valence electrons. The highest BCUT2D eigenvalue weighted by Crippen LogP contribution is 2.26. The molecule has 0 aromatic heterocycles. The SMILES string of the molecule is CC(CC(=O)C(C)O)CC(C)(C)C. The van der Waals surface area contributed by atoms with E-state index in [0.29, 0.717) is 12.3 Å². The molecule has 0 bridgehead atoms. The maximum atomic E-state index is 11.2. The summed E-state index contributed by atoms with van der Waals surface area (Å²) in [5.41, 5.74) is 0.262. The molecule has 0 fully saturated rings. The van der Waals surface area contributed by atoms with Gasteiger partial charge in [0, 0.05) is 6.42 Å². The van der Waals surface area contributed by atoms with Gasteiger partial charge in [0.25, 0.3) is 0 Å². The predicted molar refractivity (Wildman–Crippen MR) is 54.5 cm³/mol. The molecule has 2 unspecified atom stereocenters. The molecule has 2 nitrogen and oxygen atoms in total. The van der Waals surface area contributed by atoms with Gasteiger partial charge in [0.05, 0.1) is 0 Å². The Hall–Kier alpha value is -0.370. The normalized spacial score (nSPS) is 16.8. The summed E-state index contributed by atoms with van der Waals surface area (Å²) in [6.45, 7) is 10.1. The Balaban J connectivity index is 3.88. The van der Waals surface area contributed by atoms with Gasteiger partial charge in [0.2, 0.25) is 0 Å². The summed E-state index contributed by atoms with van der Waals surface area (Å²) >= 11 is 0. The van der Waals surface area contributed by atoms with E-state index in [-0.39, 0.29) is 11.2 Å². The number of ketones is 1. The fourth-order valence-corrected chi connectivity index (χ4v) is 1.63. The monoisotopic (exact) mass is 186 g/mol. The van der Waals surface area contributed by atoms with Crippen LogP contribution in [0, 0.1) is 11.3 Å². The van der Waals surface area contributed by atoms with Crippen molar-refractivity contribution in [2.75, 3.05) is 0 Å². The van der Waals surface area contributed by atoms with Gasteiger partial charge in [-0.2, -0.15) is 0 Å². The zero-order valence-electron chi connectivity index (χ0n) is 9.42. The average molecular weight is 186 g/mol. The van der Waals surface area contributed by atoms with Gasteiger partial charge >= 0.3 is 0 Å². The van der Waals surface area contributed by atoms with Crippen LogP contribution in [0.1, 0.15) is 47.5 Å². The minimum absolute atomic E-state index is 0.0447. The van der Waals surface area contributed by atoms with Crippen molar-refractivity contribution in [2.24, 2.45) is 11.3 Å². The number of aliphatic hydroxyl groups is 1. The van der Waals surface area contributed by atoms with Crippen molar-refractivity contribution in [1.82, 2.24) is 0 Å². The fraction of sp³-hybridized carbons (Fsp3) is 0.909. The van der Waals surface area contributed by atoms with Crippen molar-refractivity contribution >= 4 is 5.78 Å². The maximum Gasteiger partial charge on any atom is 0.161 e. The van der Waals surface area contributed by atoms with E-state index in [0.717, 1.165) is 6.42 Å². The molecule has 0 aliphatic heterocycles. The molecule has 0 aromatic carbocycles. The highest BCUT2D eigenvalue weighted by Gasteiger charge is 2.19. The molecule has 0 aromatic rings. The number of carbonyl (C=O) groups is 1. The van der Waals surface area contributed by atoms with Crippen LogP contribution in [0.25, 0.3) is 0 Å². The van der Waals surface area contributed by atoms with Gasteiger partial charge < -0.3 is 5.11 Å². The summed E-state index contributed by atoms with van der Waals surface area (Å²) in [4.78, 5) is 11.2. The van der Waals surface area contributed by atoms with E-state index in [9.17, 15) is 4.79 Å². The molecule has 2 heteroatoms. The summed E-state index contributed by atoms with van der Waals surface area (Å²) in [5.74, 6) is 0.318. The van der Waals surface area contributed by atoms with Crippen LogP contribution in [0.4, 0.5) is 0 Å². The maximum absolute atomic E-state index is 11.2. The molecule has 0 amide bonds. The molecular formula is C11H22O2. The van der Waals surface area contributed by atoms with E-state index in [2.05, 4.69) is 27.7 Å². The zero-order chi connectivity index (χ0) is 10.6. The van der Waals surface area contributed by atoms with Gasteiger partial charge in [0.15, 0.2) is 5.78 Å². The van der Waals surface area contributed by atoms with Crippen molar-refractivity contribution in [2.45, 2.75) is 53.6 Å². The first-order valence-corrected chi connectivity index (χ1v) is 4.93. The summed E-state index contributed by atoms with van der Waals surface area (Å²) < 4.78 is 0. The number of hydrogen-bond acceptors (Lipinski definition) is 2. The second kappa shape index (κ2) is 4.75. The fourth-order valence-electron chi connectivity index (χ4n) is 1.63. The smallest absolute Gasteiger partial charge is 0.161 e. The van der Waals surface area contributed by atoms with Crippen LogP contribution in [0.15, 0.2) is 0 Å². The molecule has 0 aliphatic rings. The van der Waals surface area contributed by atoms with Gasteiger partial charge in [-0.15, -0.1) is 0 Å². The zero-order valence-corrected chi connectivity index (χ0v) is 9.42.